The van der Waals surface area contributed by atoms with Crippen LogP contribution < -0.4 is 10.1 Å². The zero-order chi connectivity index (χ0) is 22.7. The van der Waals surface area contributed by atoms with E-state index in [9.17, 15) is 9.59 Å². The van der Waals surface area contributed by atoms with E-state index in [0.29, 0.717) is 11.6 Å². The van der Waals surface area contributed by atoms with Crippen LogP contribution in [0.2, 0.25) is 5.02 Å². The molecule has 0 saturated carbocycles. The zero-order valence-electron chi connectivity index (χ0n) is 17.3. The minimum absolute atomic E-state index is 0.231. The van der Waals surface area contributed by atoms with Gasteiger partial charge in [0.2, 0.25) is 0 Å². The number of aryl methyl sites for hydroxylation is 1. The van der Waals surface area contributed by atoms with Crippen molar-refractivity contribution in [2.45, 2.75) is 20.1 Å². The molecule has 4 rings (SSSR count). The number of benzene rings is 3. The molecule has 5 nitrogen and oxygen atoms in total. The summed E-state index contributed by atoms with van der Waals surface area (Å²) in [6, 6.07) is 20.5. The molecule has 0 atom stereocenters. The van der Waals surface area contributed by atoms with Crippen molar-refractivity contribution in [1.29, 1.82) is 0 Å². The van der Waals surface area contributed by atoms with E-state index >= 15 is 0 Å². The number of amides is 3. The van der Waals surface area contributed by atoms with Crippen LogP contribution in [0.3, 0.4) is 0 Å². The summed E-state index contributed by atoms with van der Waals surface area (Å²) in [5, 5.41) is 3.33. The number of imide groups is 1. The molecular weight excluding hydrogens is 539 g/mol. The minimum Gasteiger partial charge on any atom is -0.488 e. The average Bonchev–Trinajstić information content (AvgIpc) is 3.03. The van der Waals surface area contributed by atoms with Crippen molar-refractivity contribution >= 4 is 52.2 Å². The van der Waals surface area contributed by atoms with Crippen LogP contribution in [0.1, 0.15) is 22.3 Å². The van der Waals surface area contributed by atoms with E-state index in [1.54, 1.807) is 6.08 Å². The van der Waals surface area contributed by atoms with Crippen LogP contribution in [0.25, 0.3) is 6.08 Å². The summed E-state index contributed by atoms with van der Waals surface area (Å²) < 4.78 is 6.79. The van der Waals surface area contributed by atoms with Crippen molar-refractivity contribution < 1.29 is 14.3 Å². The molecule has 3 aromatic rings. The highest BCUT2D eigenvalue weighted by Gasteiger charge is 2.33. The van der Waals surface area contributed by atoms with Gasteiger partial charge in [-0.05, 0) is 64.9 Å². The lowest BCUT2D eigenvalue weighted by Crippen LogP contribution is -2.30. The average molecular weight is 559 g/mol. The Hall–Kier alpha value is -2.84. The smallest absolute Gasteiger partial charge is 0.329 e. The molecule has 0 radical (unpaired) electrons. The lowest BCUT2D eigenvalue weighted by Gasteiger charge is -2.12. The first-order valence-electron chi connectivity index (χ1n) is 9.96. The Kier molecular flexibility index (Phi) is 6.81. The largest absolute Gasteiger partial charge is 0.488 e. The van der Waals surface area contributed by atoms with E-state index < -0.39 is 6.03 Å². The van der Waals surface area contributed by atoms with Crippen LogP contribution in [0.4, 0.5) is 4.79 Å². The SMILES string of the molecule is Cc1ccc(CN2C(=O)N/C(=C/c3ccc(OCc4ccccc4Cl)c(I)c3)C2=O)cc1. The molecule has 0 aromatic heterocycles. The Morgan fingerprint density at radius 3 is 2.53 bits per heavy atom. The van der Waals surface area contributed by atoms with Gasteiger partial charge in [0.05, 0.1) is 10.1 Å². The van der Waals surface area contributed by atoms with Gasteiger partial charge in [-0.15, -0.1) is 0 Å². The molecule has 0 aliphatic carbocycles. The molecule has 0 spiro atoms. The second-order valence-corrected chi connectivity index (χ2v) is 9.00. The van der Waals surface area contributed by atoms with E-state index in [4.69, 9.17) is 16.3 Å². The molecule has 162 valence electrons. The molecule has 1 fully saturated rings. The third-order valence-electron chi connectivity index (χ3n) is 5.03. The molecule has 1 aliphatic rings. The third kappa shape index (κ3) is 5.14. The number of halogens is 2. The number of ether oxygens (including phenoxy) is 1. The van der Waals surface area contributed by atoms with Crippen molar-refractivity contribution in [3.05, 3.63) is 103 Å². The number of hydrogen-bond acceptors (Lipinski definition) is 3. The van der Waals surface area contributed by atoms with Crippen LogP contribution in [0.5, 0.6) is 5.75 Å². The Bertz CT molecular complexity index is 1210. The normalized spacial score (nSPS) is 14.7. The molecule has 0 bridgehead atoms. The lowest BCUT2D eigenvalue weighted by atomic mass is 10.1. The number of carbonyl (C=O) groups is 2. The van der Waals surface area contributed by atoms with Gasteiger partial charge in [-0.2, -0.15) is 0 Å². The van der Waals surface area contributed by atoms with E-state index in [-0.39, 0.29) is 18.1 Å². The highest BCUT2D eigenvalue weighted by atomic mass is 127. The number of urea groups is 1. The highest BCUT2D eigenvalue weighted by Crippen LogP contribution is 2.26. The fourth-order valence-corrected chi connectivity index (χ4v) is 4.14. The standard InChI is InChI=1S/C25H20ClIN2O3/c1-16-6-8-17(9-7-16)14-29-24(30)22(28-25(29)31)13-18-10-11-23(21(27)12-18)32-15-19-4-2-3-5-20(19)26/h2-13H,14-15H2,1H3,(H,28,31)/b22-13+. The monoisotopic (exact) mass is 558 g/mol. The summed E-state index contributed by atoms with van der Waals surface area (Å²) in [5.41, 5.74) is 3.97. The predicted octanol–water partition coefficient (Wildman–Crippen LogP) is 5.92. The van der Waals surface area contributed by atoms with Crippen molar-refractivity contribution in [3.63, 3.8) is 0 Å². The first-order valence-corrected chi connectivity index (χ1v) is 11.4. The summed E-state index contributed by atoms with van der Waals surface area (Å²) in [5.74, 6) is 0.375. The number of carbonyl (C=O) groups excluding carboxylic acids is 2. The molecule has 7 heteroatoms. The zero-order valence-corrected chi connectivity index (χ0v) is 20.2. The summed E-state index contributed by atoms with van der Waals surface area (Å²) in [7, 11) is 0. The van der Waals surface area contributed by atoms with Crippen molar-refractivity contribution in [1.82, 2.24) is 10.2 Å². The molecule has 1 saturated heterocycles. The molecule has 3 aromatic carbocycles. The Labute approximate surface area is 205 Å². The first-order chi connectivity index (χ1) is 15.4. The van der Waals surface area contributed by atoms with Gasteiger partial charge in [-0.25, -0.2) is 4.79 Å². The minimum atomic E-state index is -0.420. The highest BCUT2D eigenvalue weighted by molar-refractivity contribution is 14.1. The molecular formula is C25H20ClIN2O3. The number of hydrogen-bond donors (Lipinski definition) is 1. The predicted molar refractivity (Wildman–Crippen MR) is 133 cm³/mol. The number of nitrogens with one attached hydrogen (secondary N) is 1. The van der Waals surface area contributed by atoms with Crippen LogP contribution in [0, 0.1) is 10.5 Å². The van der Waals surface area contributed by atoms with Gasteiger partial charge in [0.25, 0.3) is 5.91 Å². The molecule has 32 heavy (non-hydrogen) atoms. The fraction of sp³-hybridized carbons (Fsp3) is 0.120. The molecule has 1 heterocycles. The fourth-order valence-electron chi connectivity index (χ4n) is 3.25. The van der Waals surface area contributed by atoms with Crippen LogP contribution in [-0.4, -0.2) is 16.8 Å². The van der Waals surface area contributed by atoms with E-state index in [1.165, 1.54) is 4.90 Å². The summed E-state index contributed by atoms with van der Waals surface area (Å²) in [6.07, 6.45) is 1.68. The third-order valence-corrected chi connectivity index (χ3v) is 6.24. The van der Waals surface area contributed by atoms with Crippen LogP contribution in [-0.2, 0) is 17.9 Å². The molecule has 3 amide bonds. The number of rotatable bonds is 6. The van der Waals surface area contributed by atoms with Gasteiger partial charge in [0, 0.05) is 10.6 Å². The maximum absolute atomic E-state index is 12.8. The second kappa shape index (κ2) is 9.75. The molecule has 0 unspecified atom stereocenters. The number of nitrogens with zero attached hydrogens (tertiary/aromatic N) is 1. The maximum atomic E-state index is 12.8. The van der Waals surface area contributed by atoms with Gasteiger partial charge < -0.3 is 10.1 Å². The quantitative estimate of drug-likeness (QED) is 0.232. The summed E-state index contributed by atoms with van der Waals surface area (Å²) >= 11 is 8.37. The lowest BCUT2D eigenvalue weighted by molar-refractivity contribution is -0.123. The van der Waals surface area contributed by atoms with Gasteiger partial charge in [0.15, 0.2) is 0 Å². The first kappa shape index (κ1) is 22.4. The molecule has 1 aliphatic heterocycles. The topological polar surface area (TPSA) is 58.6 Å². The second-order valence-electron chi connectivity index (χ2n) is 7.44. The van der Waals surface area contributed by atoms with Crippen molar-refractivity contribution in [3.8, 4) is 5.75 Å². The van der Waals surface area contributed by atoms with E-state index in [1.807, 2.05) is 73.7 Å². The Morgan fingerprint density at radius 2 is 1.81 bits per heavy atom. The molecule has 1 N–H and O–H groups in total. The van der Waals surface area contributed by atoms with Crippen LogP contribution >= 0.6 is 34.2 Å². The van der Waals surface area contributed by atoms with Gasteiger partial charge >= 0.3 is 6.03 Å². The summed E-state index contributed by atoms with van der Waals surface area (Å²) in [6.45, 7) is 2.58. The van der Waals surface area contributed by atoms with Gasteiger partial charge in [-0.3, -0.25) is 9.69 Å². The van der Waals surface area contributed by atoms with E-state index in [0.717, 1.165) is 31.6 Å². The van der Waals surface area contributed by atoms with Crippen molar-refractivity contribution in [2.75, 3.05) is 0 Å². The van der Waals surface area contributed by atoms with Gasteiger partial charge in [0.1, 0.15) is 18.1 Å². The maximum Gasteiger partial charge on any atom is 0.329 e. The van der Waals surface area contributed by atoms with Gasteiger partial charge in [-0.1, -0.05) is 65.7 Å². The summed E-state index contributed by atoms with van der Waals surface area (Å²) in [4.78, 5) is 26.3. The van der Waals surface area contributed by atoms with Crippen LogP contribution in [0.15, 0.2) is 72.4 Å². The van der Waals surface area contributed by atoms with E-state index in [2.05, 4.69) is 27.9 Å². The Morgan fingerprint density at radius 1 is 1.06 bits per heavy atom. The Balaban J connectivity index is 1.45. The van der Waals surface area contributed by atoms with Crippen molar-refractivity contribution in [2.24, 2.45) is 0 Å².